The lowest BCUT2D eigenvalue weighted by atomic mass is 9.91. The molecule has 3 rings (SSSR count). The van der Waals surface area contributed by atoms with Crippen LogP contribution in [0.5, 0.6) is 0 Å². The fraction of sp³-hybridized carbons (Fsp3) is 1.00. The van der Waals surface area contributed by atoms with E-state index in [0.717, 1.165) is 51.7 Å². The molecule has 0 aromatic rings. The van der Waals surface area contributed by atoms with E-state index in [2.05, 4.69) is 17.6 Å². The van der Waals surface area contributed by atoms with Crippen LogP contribution in [0.15, 0.2) is 0 Å². The maximum atomic E-state index is 10.1. The first-order valence-electron chi connectivity index (χ1n) is 10.5. The smallest absolute Gasteiger partial charge is 0.0800 e. The van der Waals surface area contributed by atoms with E-state index in [-0.39, 0.29) is 11.2 Å². The van der Waals surface area contributed by atoms with E-state index in [1.165, 1.54) is 38.5 Å². The maximum Gasteiger partial charge on any atom is 0.0800 e. The lowest BCUT2D eigenvalue weighted by Gasteiger charge is -2.29. The maximum absolute atomic E-state index is 10.1. The average molecular weight is 343 g/mol. The lowest BCUT2D eigenvalue weighted by molar-refractivity contribution is 0.0144. The zero-order valence-electron chi connectivity index (χ0n) is 16.4. The Bertz CT molecular complexity index is 305. The van der Waals surface area contributed by atoms with E-state index in [0.29, 0.717) is 6.04 Å². The van der Waals surface area contributed by atoms with E-state index in [9.17, 15) is 10.2 Å². The molecule has 3 fully saturated rings. The standard InChI is InChI=1S/C9H17NO.C9H19NO.C2H6/c11-9(5-1-2-6-9)8-4-3-7-10-8;1-2-7-10-8-9(11)5-3-4-6-9;1-2/h8,10-11H,1-7H2;10-11H,2-8H2,1H3;1-2H3/t8-;;/m0../s1. The molecule has 0 aromatic heterocycles. The minimum Gasteiger partial charge on any atom is -0.389 e. The molecule has 0 unspecified atom stereocenters. The Morgan fingerprint density at radius 1 is 0.958 bits per heavy atom. The molecule has 0 amide bonds. The summed E-state index contributed by atoms with van der Waals surface area (Å²) in [6.45, 7) is 9.07. The van der Waals surface area contributed by atoms with Gasteiger partial charge in [0.25, 0.3) is 0 Å². The average Bonchev–Trinajstić information content (AvgIpc) is 3.33. The predicted octanol–water partition coefficient (Wildman–Crippen LogP) is 3.36. The van der Waals surface area contributed by atoms with Gasteiger partial charge in [-0.2, -0.15) is 0 Å². The summed E-state index contributed by atoms with van der Waals surface area (Å²) in [5.41, 5.74) is -0.703. The van der Waals surface area contributed by atoms with Gasteiger partial charge in [0, 0.05) is 12.6 Å². The summed E-state index contributed by atoms with van der Waals surface area (Å²) in [5, 5.41) is 26.6. The zero-order valence-corrected chi connectivity index (χ0v) is 16.4. The van der Waals surface area contributed by atoms with Crippen LogP contribution in [-0.4, -0.2) is 47.1 Å². The molecule has 1 aliphatic heterocycles. The quantitative estimate of drug-likeness (QED) is 0.579. The first kappa shape index (κ1) is 21.9. The number of aliphatic hydroxyl groups is 2. The van der Waals surface area contributed by atoms with Crippen molar-refractivity contribution in [3.63, 3.8) is 0 Å². The Balaban J connectivity index is 0.000000218. The van der Waals surface area contributed by atoms with E-state index < -0.39 is 0 Å². The van der Waals surface area contributed by atoms with Crippen LogP contribution in [0.3, 0.4) is 0 Å². The van der Waals surface area contributed by atoms with Crippen molar-refractivity contribution in [1.82, 2.24) is 10.6 Å². The molecule has 144 valence electrons. The Hall–Kier alpha value is -0.160. The number of hydrogen-bond acceptors (Lipinski definition) is 4. The van der Waals surface area contributed by atoms with Gasteiger partial charge in [-0.1, -0.05) is 46.5 Å². The molecule has 1 heterocycles. The van der Waals surface area contributed by atoms with Gasteiger partial charge in [0.2, 0.25) is 0 Å². The molecule has 24 heavy (non-hydrogen) atoms. The Labute approximate surface area is 149 Å². The van der Waals surface area contributed by atoms with Crippen LogP contribution in [0.4, 0.5) is 0 Å². The van der Waals surface area contributed by atoms with Crippen molar-refractivity contribution in [2.24, 2.45) is 0 Å². The van der Waals surface area contributed by atoms with E-state index in [1.807, 2.05) is 13.8 Å². The van der Waals surface area contributed by atoms with Gasteiger partial charge in [0.1, 0.15) is 0 Å². The predicted molar refractivity (Wildman–Crippen MR) is 102 cm³/mol. The van der Waals surface area contributed by atoms with Crippen molar-refractivity contribution in [1.29, 1.82) is 0 Å². The zero-order chi connectivity index (χ0) is 17.9. The highest BCUT2D eigenvalue weighted by Gasteiger charge is 2.40. The summed E-state index contributed by atoms with van der Waals surface area (Å²) in [6.07, 6.45) is 12.4. The first-order chi connectivity index (χ1) is 11.6. The van der Waals surface area contributed by atoms with Gasteiger partial charge in [-0.15, -0.1) is 0 Å². The van der Waals surface area contributed by atoms with Crippen molar-refractivity contribution in [2.75, 3.05) is 19.6 Å². The molecule has 2 aliphatic carbocycles. The number of nitrogens with one attached hydrogen (secondary N) is 2. The Morgan fingerprint density at radius 2 is 1.54 bits per heavy atom. The number of rotatable bonds is 5. The van der Waals surface area contributed by atoms with Crippen molar-refractivity contribution in [3.8, 4) is 0 Å². The Kier molecular flexibility index (Phi) is 10.4. The van der Waals surface area contributed by atoms with Gasteiger partial charge < -0.3 is 20.8 Å². The molecule has 0 aromatic carbocycles. The molecule has 0 spiro atoms. The fourth-order valence-electron chi connectivity index (χ4n) is 4.19. The van der Waals surface area contributed by atoms with Gasteiger partial charge in [0.05, 0.1) is 11.2 Å². The molecule has 4 N–H and O–H groups in total. The van der Waals surface area contributed by atoms with Crippen LogP contribution in [-0.2, 0) is 0 Å². The monoisotopic (exact) mass is 342 g/mol. The van der Waals surface area contributed by atoms with Crippen LogP contribution < -0.4 is 10.6 Å². The molecule has 4 heteroatoms. The fourth-order valence-corrected chi connectivity index (χ4v) is 4.19. The lowest BCUT2D eigenvalue weighted by Crippen LogP contribution is -2.45. The molecule has 3 aliphatic rings. The summed E-state index contributed by atoms with van der Waals surface area (Å²) in [5.74, 6) is 0. The molecule has 0 bridgehead atoms. The molecule has 0 radical (unpaired) electrons. The molecule has 1 atom stereocenters. The number of hydrogen-bond donors (Lipinski definition) is 4. The van der Waals surface area contributed by atoms with Gasteiger partial charge in [-0.25, -0.2) is 0 Å². The summed E-state index contributed by atoms with van der Waals surface area (Å²) < 4.78 is 0. The topological polar surface area (TPSA) is 64.5 Å². The third-order valence-corrected chi connectivity index (χ3v) is 5.59. The van der Waals surface area contributed by atoms with Crippen LogP contribution in [0, 0.1) is 0 Å². The molecular formula is C20H42N2O2. The third kappa shape index (κ3) is 6.99. The summed E-state index contributed by atoms with van der Waals surface area (Å²) >= 11 is 0. The van der Waals surface area contributed by atoms with Crippen molar-refractivity contribution < 1.29 is 10.2 Å². The van der Waals surface area contributed by atoms with Crippen LogP contribution in [0.25, 0.3) is 0 Å². The van der Waals surface area contributed by atoms with Gasteiger partial charge >= 0.3 is 0 Å². The van der Waals surface area contributed by atoms with E-state index in [1.54, 1.807) is 0 Å². The molecule has 4 nitrogen and oxygen atoms in total. The Morgan fingerprint density at radius 3 is 2.04 bits per heavy atom. The van der Waals surface area contributed by atoms with E-state index >= 15 is 0 Å². The third-order valence-electron chi connectivity index (χ3n) is 5.59. The second-order valence-electron chi connectivity index (χ2n) is 7.57. The highest BCUT2D eigenvalue weighted by Crippen LogP contribution is 2.35. The summed E-state index contributed by atoms with van der Waals surface area (Å²) in [4.78, 5) is 0. The van der Waals surface area contributed by atoms with Crippen molar-refractivity contribution in [3.05, 3.63) is 0 Å². The minimum absolute atomic E-state index is 0.337. The van der Waals surface area contributed by atoms with Gasteiger partial charge in [-0.3, -0.25) is 0 Å². The van der Waals surface area contributed by atoms with Crippen molar-refractivity contribution in [2.45, 2.75) is 109 Å². The second-order valence-corrected chi connectivity index (χ2v) is 7.57. The van der Waals surface area contributed by atoms with Crippen LogP contribution in [0.2, 0.25) is 0 Å². The highest BCUT2D eigenvalue weighted by atomic mass is 16.3. The first-order valence-corrected chi connectivity index (χ1v) is 10.5. The van der Waals surface area contributed by atoms with Gasteiger partial charge in [0.15, 0.2) is 0 Å². The molecule has 1 saturated heterocycles. The normalized spacial score (nSPS) is 27.1. The summed E-state index contributed by atoms with van der Waals surface area (Å²) in [6, 6.07) is 0.407. The van der Waals surface area contributed by atoms with Crippen LogP contribution in [0.1, 0.15) is 91.4 Å². The molecular weight excluding hydrogens is 300 g/mol. The summed E-state index contributed by atoms with van der Waals surface area (Å²) in [7, 11) is 0. The minimum atomic E-state index is -0.366. The SMILES string of the molecule is CC.CCCNCC1(O)CCCC1.OC1([C@@H]2CCCN2)CCCC1. The highest BCUT2D eigenvalue weighted by molar-refractivity contribution is 4.97. The van der Waals surface area contributed by atoms with Gasteiger partial charge in [-0.05, 0) is 58.0 Å². The molecule has 2 saturated carbocycles. The second kappa shape index (κ2) is 11.5. The van der Waals surface area contributed by atoms with Crippen LogP contribution >= 0.6 is 0 Å². The van der Waals surface area contributed by atoms with E-state index in [4.69, 9.17) is 0 Å². The largest absolute Gasteiger partial charge is 0.389 e. The van der Waals surface area contributed by atoms with Crippen molar-refractivity contribution >= 4 is 0 Å².